The first-order valence-corrected chi connectivity index (χ1v) is 8.80. The van der Waals surface area contributed by atoms with Crippen LogP contribution in [-0.4, -0.2) is 36.6 Å². The van der Waals surface area contributed by atoms with Gasteiger partial charge in [0, 0.05) is 12.1 Å². The van der Waals surface area contributed by atoms with Gasteiger partial charge in [0.1, 0.15) is 0 Å². The summed E-state index contributed by atoms with van der Waals surface area (Å²) >= 11 is 0. The van der Waals surface area contributed by atoms with Gasteiger partial charge in [-0.3, -0.25) is 0 Å². The van der Waals surface area contributed by atoms with Gasteiger partial charge in [-0.15, -0.1) is 0 Å². The lowest BCUT2D eigenvalue weighted by atomic mass is 10.0. The van der Waals surface area contributed by atoms with E-state index in [9.17, 15) is 0 Å². The molecule has 0 aromatic heterocycles. The highest BCUT2D eigenvalue weighted by molar-refractivity contribution is 5.14. The maximum absolute atomic E-state index is 3.87. The standard InChI is InChI=1S/C19H32N2/c1-3-14-21-15-7-10-19(13-16-21)20-17(2)11-12-18-8-5-4-6-9-18/h4-6,8-9,17,19-20H,3,7,10-16H2,1-2H3. The van der Waals surface area contributed by atoms with Gasteiger partial charge in [0.2, 0.25) is 0 Å². The van der Waals surface area contributed by atoms with Gasteiger partial charge in [0.05, 0.1) is 0 Å². The molecule has 1 aliphatic rings. The van der Waals surface area contributed by atoms with Gasteiger partial charge in [-0.05, 0) is 70.6 Å². The summed E-state index contributed by atoms with van der Waals surface area (Å²) in [6.07, 6.45) is 7.71. The molecule has 0 spiro atoms. The lowest BCUT2D eigenvalue weighted by molar-refractivity contribution is 0.281. The van der Waals surface area contributed by atoms with Crippen molar-refractivity contribution in [1.29, 1.82) is 0 Å². The number of benzene rings is 1. The SMILES string of the molecule is CCCN1CCCC(NC(C)CCc2ccccc2)CC1. The maximum Gasteiger partial charge on any atom is 0.00821 e. The van der Waals surface area contributed by atoms with Gasteiger partial charge < -0.3 is 10.2 Å². The summed E-state index contributed by atoms with van der Waals surface area (Å²) in [7, 11) is 0. The molecule has 0 radical (unpaired) electrons. The van der Waals surface area contributed by atoms with Crippen LogP contribution in [0.5, 0.6) is 0 Å². The Morgan fingerprint density at radius 1 is 1.19 bits per heavy atom. The third-order valence-electron chi connectivity index (χ3n) is 4.59. The molecule has 118 valence electrons. The number of hydrogen-bond donors (Lipinski definition) is 1. The van der Waals surface area contributed by atoms with Crippen LogP contribution in [0, 0.1) is 0 Å². The van der Waals surface area contributed by atoms with Crippen molar-refractivity contribution in [1.82, 2.24) is 10.2 Å². The molecule has 0 saturated carbocycles. The quantitative estimate of drug-likeness (QED) is 0.819. The molecule has 1 heterocycles. The number of likely N-dealkylation sites (tertiary alicyclic amines) is 1. The molecule has 2 heteroatoms. The summed E-state index contributed by atoms with van der Waals surface area (Å²) < 4.78 is 0. The van der Waals surface area contributed by atoms with Gasteiger partial charge in [-0.25, -0.2) is 0 Å². The van der Waals surface area contributed by atoms with E-state index in [1.165, 1.54) is 63.7 Å². The molecule has 21 heavy (non-hydrogen) atoms. The van der Waals surface area contributed by atoms with Crippen LogP contribution >= 0.6 is 0 Å². The molecule has 1 fully saturated rings. The van der Waals surface area contributed by atoms with Gasteiger partial charge in [-0.1, -0.05) is 37.3 Å². The van der Waals surface area contributed by atoms with E-state index in [-0.39, 0.29) is 0 Å². The predicted octanol–water partition coefficient (Wildman–Crippen LogP) is 3.86. The lowest BCUT2D eigenvalue weighted by Gasteiger charge is -2.23. The summed E-state index contributed by atoms with van der Waals surface area (Å²) in [5.41, 5.74) is 1.46. The highest BCUT2D eigenvalue weighted by atomic mass is 15.1. The van der Waals surface area contributed by atoms with Crippen molar-refractivity contribution in [3.8, 4) is 0 Å². The zero-order valence-electron chi connectivity index (χ0n) is 13.9. The summed E-state index contributed by atoms with van der Waals surface area (Å²) in [4.78, 5) is 2.64. The first-order valence-electron chi connectivity index (χ1n) is 8.80. The van der Waals surface area contributed by atoms with Crippen molar-refractivity contribution in [3.63, 3.8) is 0 Å². The molecule has 1 aromatic carbocycles. The monoisotopic (exact) mass is 288 g/mol. The second-order valence-electron chi connectivity index (χ2n) is 6.56. The first kappa shape index (κ1) is 16.5. The Labute approximate surface area is 130 Å². The first-order chi connectivity index (χ1) is 10.3. The fourth-order valence-electron chi connectivity index (χ4n) is 3.38. The molecule has 1 N–H and O–H groups in total. The largest absolute Gasteiger partial charge is 0.311 e. The van der Waals surface area contributed by atoms with E-state index in [0.717, 1.165) is 6.04 Å². The van der Waals surface area contributed by atoms with Gasteiger partial charge >= 0.3 is 0 Å². The van der Waals surface area contributed by atoms with E-state index in [2.05, 4.69) is 54.4 Å². The average molecular weight is 288 g/mol. The Balaban J connectivity index is 1.68. The minimum atomic E-state index is 0.618. The lowest BCUT2D eigenvalue weighted by Crippen LogP contribution is -2.37. The third-order valence-corrected chi connectivity index (χ3v) is 4.59. The van der Waals surface area contributed by atoms with Crippen molar-refractivity contribution in [2.45, 2.75) is 64.5 Å². The Hall–Kier alpha value is -0.860. The molecule has 0 amide bonds. The van der Waals surface area contributed by atoms with Crippen molar-refractivity contribution in [2.24, 2.45) is 0 Å². The van der Waals surface area contributed by atoms with Gasteiger partial charge in [-0.2, -0.15) is 0 Å². The highest BCUT2D eigenvalue weighted by Gasteiger charge is 2.17. The van der Waals surface area contributed by atoms with E-state index in [1.807, 2.05) is 0 Å². The van der Waals surface area contributed by atoms with Crippen LogP contribution in [0.15, 0.2) is 30.3 Å². The van der Waals surface area contributed by atoms with Crippen molar-refractivity contribution < 1.29 is 0 Å². The summed E-state index contributed by atoms with van der Waals surface area (Å²) in [6.45, 7) is 8.47. The summed E-state index contributed by atoms with van der Waals surface area (Å²) in [6, 6.07) is 12.2. The Morgan fingerprint density at radius 2 is 2.00 bits per heavy atom. The predicted molar refractivity (Wildman–Crippen MR) is 91.7 cm³/mol. The van der Waals surface area contributed by atoms with Crippen LogP contribution in [0.3, 0.4) is 0 Å². The Kier molecular flexibility index (Phi) is 7.25. The molecule has 2 nitrogen and oxygen atoms in total. The summed E-state index contributed by atoms with van der Waals surface area (Å²) in [5, 5.41) is 3.87. The van der Waals surface area contributed by atoms with E-state index in [1.54, 1.807) is 0 Å². The van der Waals surface area contributed by atoms with Crippen molar-refractivity contribution in [2.75, 3.05) is 19.6 Å². The highest BCUT2D eigenvalue weighted by Crippen LogP contribution is 2.13. The maximum atomic E-state index is 3.87. The number of hydrogen-bond acceptors (Lipinski definition) is 2. The van der Waals surface area contributed by atoms with Crippen LogP contribution in [0.2, 0.25) is 0 Å². The van der Waals surface area contributed by atoms with E-state index >= 15 is 0 Å². The minimum Gasteiger partial charge on any atom is -0.311 e. The second kappa shape index (κ2) is 9.22. The molecular weight excluding hydrogens is 256 g/mol. The number of nitrogens with zero attached hydrogens (tertiary/aromatic N) is 1. The average Bonchev–Trinajstić information content (AvgIpc) is 2.72. The third kappa shape index (κ3) is 6.19. The molecule has 0 bridgehead atoms. The normalized spacial score (nSPS) is 21.9. The van der Waals surface area contributed by atoms with E-state index in [4.69, 9.17) is 0 Å². The number of aryl methyl sites for hydroxylation is 1. The smallest absolute Gasteiger partial charge is 0.00821 e. The van der Waals surface area contributed by atoms with Crippen LogP contribution in [0.1, 0.15) is 51.5 Å². The van der Waals surface area contributed by atoms with E-state index < -0.39 is 0 Å². The Morgan fingerprint density at radius 3 is 2.76 bits per heavy atom. The van der Waals surface area contributed by atoms with Crippen molar-refractivity contribution in [3.05, 3.63) is 35.9 Å². The summed E-state index contributed by atoms with van der Waals surface area (Å²) in [5.74, 6) is 0. The molecule has 0 aliphatic carbocycles. The second-order valence-corrected chi connectivity index (χ2v) is 6.56. The van der Waals surface area contributed by atoms with Crippen LogP contribution in [-0.2, 0) is 6.42 Å². The van der Waals surface area contributed by atoms with E-state index in [0.29, 0.717) is 6.04 Å². The van der Waals surface area contributed by atoms with Gasteiger partial charge in [0.25, 0.3) is 0 Å². The number of rotatable bonds is 7. The minimum absolute atomic E-state index is 0.618. The van der Waals surface area contributed by atoms with Crippen molar-refractivity contribution >= 4 is 0 Å². The molecule has 2 atom stereocenters. The molecule has 1 aromatic rings. The zero-order valence-corrected chi connectivity index (χ0v) is 13.9. The Bertz CT molecular complexity index is 376. The van der Waals surface area contributed by atoms with Crippen LogP contribution < -0.4 is 5.32 Å². The molecule has 1 aliphatic heterocycles. The fraction of sp³-hybridized carbons (Fsp3) is 0.684. The zero-order chi connectivity index (χ0) is 14.9. The van der Waals surface area contributed by atoms with Gasteiger partial charge in [0.15, 0.2) is 0 Å². The molecule has 2 unspecified atom stereocenters. The molecule has 2 rings (SSSR count). The number of nitrogens with one attached hydrogen (secondary N) is 1. The fourth-order valence-corrected chi connectivity index (χ4v) is 3.38. The molecule has 1 saturated heterocycles. The molecular formula is C19H32N2. The van der Waals surface area contributed by atoms with Crippen LogP contribution in [0.25, 0.3) is 0 Å². The van der Waals surface area contributed by atoms with Crippen LogP contribution in [0.4, 0.5) is 0 Å². The topological polar surface area (TPSA) is 15.3 Å².